The van der Waals surface area contributed by atoms with Crippen LogP contribution in [0.1, 0.15) is 0 Å². The Kier molecular flexibility index (Phi) is 1.64. The highest BCUT2D eigenvalue weighted by Crippen LogP contribution is 2.06. The van der Waals surface area contributed by atoms with Crippen molar-refractivity contribution in [3.8, 4) is 0 Å². The molecule has 54 valence electrons. The molecule has 10 heavy (non-hydrogen) atoms. The molecule has 1 aliphatic rings. The van der Waals surface area contributed by atoms with Crippen molar-refractivity contribution in [2.24, 2.45) is 17.3 Å². The van der Waals surface area contributed by atoms with Gasteiger partial charge in [0, 0.05) is 6.20 Å². The Hall–Kier alpha value is -1.42. The summed E-state index contributed by atoms with van der Waals surface area (Å²) in [5, 5.41) is 1.37. The number of hydrazine groups is 1. The highest BCUT2D eigenvalue weighted by atomic mass is 15.4. The maximum atomic E-state index is 5.46. The molecule has 0 aliphatic carbocycles. The Labute approximate surface area is 59.2 Å². The molecule has 0 fully saturated rings. The van der Waals surface area contributed by atoms with Gasteiger partial charge in [-0.25, -0.2) is 5.84 Å². The summed E-state index contributed by atoms with van der Waals surface area (Å²) in [6, 6.07) is 0. The number of hydrogen-bond donors (Lipinski definition) is 3. The second-order valence-corrected chi connectivity index (χ2v) is 1.95. The van der Waals surface area contributed by atoms with Gasteiger partial charge in [-0.15, -0.1) is 0 Å². The van der Waals surface area contributed by atoms with Gasteiger partial charge in [-0.1, -0.05) is 6.08 Å². The normalized spacial score (nSPS) is 16.1. The zero-order valence-corrected chi connectivity index (χ0v) is 5.49. The lowest BCUT2D eigenvalue weighted by atomic mass is 10.3. The number of allylic oxidation sites excluding steroid dienone is 3. The third-order valence-corrected chi connectivity index (χ3v) is 1.19. The van der Waals surface area contributed by atoms with E-state index in [2.05, 4.69) is 0 Å². The van der Waals surface area contributed by atoms with Gasteiger partial charge in [0.25, 0.3) is 0 Å². The Bertz CT molecular complexity index is 210. The van der Waals surface area contributed by atoms with Crippen LogP contribution < -0.4 is 17.3 Å². The van der Waals surface area contributed by atoms with Crippen molar-refractivity contribution in [1.82, 2.24) is 5.01 Å². The molecule has 1 rings (SSSR count). The summed E-state index contributed by atoms with van der Waals surface area (Å²) in [5.74, 6) is 5.68. The predicted octanol–water partition coefficient (Wildman–Crippen LogP) is -0.668. The van der Waals surface area contributed by atoms with Crippen LogP contribution in [0.2, 0.25) is 0 Å². The highest BCUT2D eigenvalue weighted by molar-refractivity contribution is 5.28. The number of hydrogen-bond acceptors (Lipinski definition) is 4. The van der Waals surface area contributed by atoms with Crippen molar-refractivity contribution in [2.45, 2.75) is 0 Å². The lowest BCUT2D eigenvalue weighted by molar-refractivity contribution is 0.497. The lowest BCUT2D eigenvalue weighted by Crippen LogP contribution is -2.29. The fourth-order valence-electron chi connectivity index (χ4n) is 0.701. The van der Waals surface area contributed by atoms with E-state index in [1.54, 1.807) is 18.4 Å². The van der Waals surface area contributed by atoms with Gasteiger partial charge in [0.15, 0.2) is 0 Å². The molecular formula is C6H10N4. The van der Waals surface area contributed by atoms with E-state index in [9.17, 15) is 0 Å². The van der Waals surface area contributed by atoms with Gasteiger partial charge >= 0.3 is 0 Å². The first-order chi connectivity index (χ1) is 4.72. The monoisotopic (exact) mass is 138 g/mol. The molecule has 0 bridgehead atoms. The molecule has 1 heterocycles. The molecule has 0 aromatic heterocycles. The molecule has 4 nitrogen and oxygen atoms in total. The van der Waals surface area contributed by atoms with E-state index in [-0.39, 0.29) is 5.82 Å². The Morgan fingerprint density at radius 3 is 2.40 bits per heavy atom. The van der Waals surface area contributed by atoms with Gasteiger partial charge < -0.3 is 11.5 Å². The summed E-state index contributed by atoms with van der Waals surface area (Å²) in [7, 11) is 0. The first kappa shape index (κ1) is 6.70. The Balaban J connectivity index is 2.91. The van der Waals surface area contributed by atoms with Crippen LogP contribution in [0, 0.1) is 0 Å². The Morgan fingerprint density at radius 2 is 2.00 bits per heavy atom. The molecule has 0 spiro atoms. The second-order valence-electron chi connectivity index (χ2n) is 1.95. The van der Waals surface area contributed by atoms with E-state index in [0.29, 0.717) is 5.70 Å². The number of nitrogens with two attached hydrogens (primary N) is 3. The molecule has 0 saturated heterocycles. The summed E-state index contributed by atoms with van der Waals surface area (Å²) < 4.78 is 0. The zero-order valence-electron chi connectivity index (χ0n) is 5.49. The first-order valence-electron chi connectivity index (χ1n) is 2.86. The smallest absolute Gasteiger partial charge is 0.119 e. The minimum Gasteiger partial charge on any atom is -0.384 e. The van der Waals surface area contributed by atoms with Crippen molar-refractivity contribution in [1.29, 1.82) is 0 Å². The molecule has 4 heteroatoms. The van der Waals surface area contributed by atoms with Crippen LogP contribution in [-0.4, -0.2) is 5.01 Å². The van der Waals surface area contributed by atoms with E-state index in [1.807, 2.05) is 6.08 Å². The maximum Gasteiger partial charge on any atom is 0.119 e. The fraction of sp³-hybridized carbons (Fsp3) is 0. The van der Waals surface area contributed by atoms with Crippen LogP contribution >= 0.6 is 0 Å². The van der Waals surface area contributed by atoms with Gasteiger partial charge in [-0.05, 0) is 12.2 Å². The number of rotatable bonds is 0. The van der Waals surface area contributed by atoms with E-state index in [0.717, 1.165) is 0 Å². The van der Waals surface area contributed by atoms with Crippen LogP contribution in [0.3, 0.4) is 0 Å². The van der Waals surface area contributed by atoms with Gasteiger partial charge in [0.05, 0.1) is 5.70 Å². The van der Waals surface area contributed by atoms with Crippen LogP contribution in [0.4, 0.5) is 0 Å². The zero-order chi connectivity index (χ0) is 7.56. The van der Waals surface area contributed by atoms with Gasteiger partial charge in [-0.3, -0.25) is 5.01 Å². The summed E-state index contributed by atoms with van der Waals surface area (Å²) in [6.45, 7) is 0. The van der Waals surface area contributed by atoms with Crippen molar-refractivity contribution in [2.75, 3.05) is 0 Å². The maximum absolute atomic E-state index is 5.46. The molecule has 0 amide bonds. The largest absolute Gasteiger partial charge is 0.384 e. The fourth-order valence-corrected chi connectivity index (χ4v) is 0.701. The predicted molar refractivity (Wildman–Crippen MR) is 39.7 cm³/mol. The minimum atomic E-state index is 0.225. The third-order valence-electron chi connectivity index (χ3n) is 1.19. The molecule has 0 aromatic rings. The molecule has 0 aromatic carbocycles. The molecule has 1 aliphatic heterocycles. The van der Waals surface area contributed by atoms with Crippen molar-refractivity contribution in [3.63, 3.8) is 0 Å². The summed E-state index contributed by atoms with van der Waals surface area (Å²) in [6.07, 6.45) is 7.04. The molecule has 0 saturated carbocycles. The average molecular weight is 138 g/mol. The van der Waals surface area contributed by atoms with E-state index >= 15 is 0 Å². The quantitative estimate of drug-likeness (QED) is 0.388. The van der Waals surface area contributed by atoms with Gasteiger partial charge in [0.1, 0.15) is 5.82 Å². The van der Waals surface area contributed by atoms with Crippen molar-refractivity contribution in [3.05, 3.63) is 35.9 Å². The number of nitrogens with zero attached hydrogens (tertiary/aromatic N) is 1. The minimum absolute atomic E-state index is 0.225. The molecule has 6 N–H and O–H groups in total. The van der Waals surface area contributed by atoms with Crippen LogP contribution in [0.5, 0.6) is 0 Å². The van der Waals surface area contributed by atoms with E-state index in [4.69, 9.17) is 17.3 Å². The highest BCUT2D eigenvalue weighted by Gasteiger charge is 2.03. The van der Waals surface area contributed by atoms with Crippen LogP contribution in [0.25, 0.3) is 0 Å². The molecular weight excluding hydrogens is 128 g/mol. The topological polar surface area (TPSA) is 81.3 Å². The average Bonchev–Trinajstić information content (AvgIpc) is 1.88. The van der Waals surface area contributed by atoms with Crippen LogP contribution in [-0.2, 0) is 0 Å². The second kappa shape index (κ2) is 2.45. The van der Waals surface area contributed by atoms with Gasteiger partial charge in [0.2, 0.25) is 0 Å². The first-order valence-corrected chi connectivity index (χ1v) is 2.86. The van der Waals surface area contributed by atoms with E-state index in [1.165, 1.54) is 5.01 Å². The Morgan fingerprint density at radius 1 is 1.30 bits per heavy atom. The van der Waals surface area contributed by atoms with E-state index < -0.39 is 0 Å². The summed E-state index contributed by atoms with van der Waals surface area (Å²) in [5.41, 5.74) is 11.2. The summed E-state index contributed by atoms with van der Waals surface area (Å²) in [4.78, 5) is 0. The van der Waals surface area contributed by atoms with Crippen molar-refractivity contribution >= 4 is 0 Å². The van der Waals surface area contributed by atoms with Crippen molar-refractivity contribution < 1.29 is 0 Å². The standard InChI is InChI=1S/C6H10N4/c7-6(8)5-3-1-2-4-10(5)9/h1-4H,7-9H2. The summed E-state index contributed by atoms with van der Waals surface area (Å²) >= 11 is 0. The lowest BCUT2D eigenvalue weighted by Gasteiger charge is -2.17. The SMILES string of the molecule is NC(N)=C1C=CC=CN1N. The molecule has 0 unspecified atom stereocenters. The third kappa shape index (κ3) is 1.11. The van der Waals surface area contributed by atoms with Gasteiger partial charge in [-0.2, -0.15) is 0 Å². The molecule has 0 atom stereocenters. The van der Waals surface area contributed by atoms with Crippen LogP contribution in [0.15, 0.2) is 35.9 Å². The molecule has 0 radical (unpaired) electrons.